The Morgan fingerprint density at radius 2 is 1.88 bits per heavy atom. The monoisotopic (exact) mass is 405 g/mol. The Bertz CT molecular complexity index is 821. The highest BCUT2D eigenvalue weighted by Crippen LogP contribution is 2.50. The summed E-state index contributed by atoms with van der Waals surface area (Å²) in [6.45, 7) is 9.73. The average Bonchev–Trinajstić information content (AvgIpc) is 2.63. The minimum Gasteiger partial charge on any atom is -0.389 e. The lowest BCUT2D eigenvalue weighted by molar-refractivity contribution is 0.288. The van der Waals surface area contributed by atoms with Gasteiger partial charge in [-0.1, -0.05) is 55.5 Å². The first kappa shape index (κ1) is 19.5. The topological polar surface area (TPSA) is 32.5 Å². The summed E-state index contributed by atoms with van der Waals surface area (Å²) in [4.78, 5) is 7.65. The van der Waals surface area contributed by atoms with Crippen molar-refractivity contribution in [2.45, 2.75) is 36.6 Å². The Morgan fingerprint density at radius 3 is 2.54 bits per heavy atom. The highest BCUT2D eigenvalue weighted by Gasteiger charge is 2.28. The average molecular weight is 406 g/mol. The SMILES string of the molecule is CCN(CC)C[C@@H](C)N1c2ccc(Cl)cc2Sc2ccc(C(N)=S)cc21. The van der Waals surface area contributed by atoms with Gasteiger partial charge in [-0.2, -0.15) is 0 Å². The van der Waals surface area contributed by atoms with Gasteiger partial charge in [-0.15, -0.1) is 0 Å². The molecule has 3 nitrogen and oxygen atoms in total. The van der Waals surface area contributed by atoms with E-state index in [0.29, 0.717) is 11.0 Å². The van der Waals surface area contributed by atoms with Crippen molar-refractivity contribution in [3.63, 3.8) is 0 Å². The molecule has 2 aromatic rings. The van der Waals surface area contributed by atoms with Gasteiger partial charge in [-0.25, -0.2) is 0 Å². The predicted molar refractivity (Wildman–Crippen MR) is 117 cm³/mol. The highest BCUT2D eigenvalue weighted by molar-refractivity contribution is 7.99. The van der Waals surface area contributed by atoms with Gasteiger partial charge in [0.25, 0.3) is 0 Å². The van der Waals surface area contributed by atoms with Crippen LogP contribution in [0.4, 0.5) is 11.4 Å². The van der Waals surface area contributed by atoms with Crippen molar-refractivity contribution in [1.29, 1.82) is 0 Å². The van der Waals surface area contributed by atoms with Gasteiger partial charge in [0.05, 0.1) is 11.4 Å². The zero-order chi connectivity index (χ0) is 18.8. The van der Waals surface area contributed by atoms with Gasteiger partial charge in [-0.3, -0.25) is 0 Å². The number of fused-ring (bicyclic) bond motifs is 2. The summed E-state index contributed by atoms with van der Waals surface area (Å²) in [7, 11) is 0. The number of anilines is 2. The second kappa shape index (κ2) is 8.17. The number of rotatable bonds is 6. The number of thiocarbonyl (C=S) groups is 1. The van der Waals surface area contributed by atoms with Crippen molar-refractivity contribution in [2.24, 2.45) is 5.73 Å². The molecule has 1 aliphatic rings. The molecule has 0 amide bonds. The summed E-state index contributed by atoms with van der Waals surface area (Å²) in [6.07, 6.45) is 0. The fourth-order valence-corrected chi connectivity index (χ4v) is 4.83. The molecule has 0 saturated heterocycles. The minimum atomic E-state index is 0.302. The zero-order valence-corrected chi connectivity index (χ0v) is 17.7. The van der Waals surface area contributed by atoms with Crippen LogP contribution in [0.5, 0.6) is 0 Å². The van der Waals surface area contributed by atoms with Crippen LogP contribution < -0.4 is 10.6 Å². The van der Waals surface area contributed by atoms with Crippen molar-refractivity contribution in [1.82, 2.24) is 4.90 Å². The van der Waals surface area contributed by atoms with Gasteiger partial charge in [0, 0.05) is 33.0 Å². The number of benzene rings is 2. The predicted octanol–water partition coefficient (Wildman–Crippen LogP) is 5.31. The molecule has 0 aliphatic carbocycles. The molecule has 0 fully saturated rings. The van der Waals surface area contributed by atoms with E-state index in [2.05, 4.69) is 48.8 Å². The van der Waals surface area contributed by atoms with E-state index in [1.807, 2.05) is 18.2 Å². The summed E-state index contributed by atoms with van der Waals surface area (Å²) in [6, 6.07) is 12.6. The van der Waals surface area contributed by atoms with Crippen LogP contribution in [0.1, 0.15) is 26.3 Å². The quantitative estimate of drug-likeness (QED) is 0.658. The molecular weight excluding hydrogens is 382 g/mol. The number of nitrogens with zero attached hydrogens (tertiary/aromatic N) is 2. The van der Waals surface area contributed by atoms with E-state index in [0.717, 1.165) is 35.9 Å². The first-order chi connectivity index (χ1) is 12.4. The lowest BCUT2D eigenvalue weighted by Gasteiger charge is -2.39. The fourth-order valence-electron chi connectivity index (χ4n) is 3.37. The second-order valence-electron chi connectivity index (χ2n) is 6.47. The van der Waals surface area contributed by atoms with Gasteiger partial charge in [0.1, 0.15) is 4.99 Å². The summed E-state index contributed by atoms with van der Waals surface area (Å²) in [5, 5.41) is 0.760. The summed E-state index contributed by atoms with van der Waals surface area (Å²) in [5.74, 6) is 0. The molecule has 0 aromatic heterocycles. The molecule has 0 bridgehead atoms. The van der Waals surface area contributed by atoms with Crippen LogP contribution in [-0.2, 0) is 0 Å². The van der Waals surface area contributed by atoms with E-state index in [9.17, 15) is 0 Å². The van der Waals surface area contributed by atoms with Crippen LogP contribution in [0.15, 0.2) is 46.2 Å². The van der Waals surface area contributed by atoms with E-state index in [1.54, 1.807) is 11.8 Å². The summed E-state index contributed by atoms with van der Waals surface area (Å²) in [5.41, 5.74) is 9.14. The molecular formula is C20H24ClN3S2. The standard InChI is InChI=1S/C20H24ClN3S2/c1-4-23(5-2)12-13(3)24-16-8-7-15(21)11-19(16)26-18-9-6-14(20(22)25)10-17(18)24/h6-11,13H,4-5,12H2,1-3H3,(H2,22,25)/t13-/m1/s1. The third-order valence-electron chi connectivity index (χ3n) is 4.76. The molecule has 6 heteroatoms. The molecule has 0 spiro atoms. The van der Waals surface area contributed by atoms with Crippen molar-refractivity contribution in [3.8, 4) is 0 Å². The zero-order valence-electron chi connectivity index (χ0n) is 15.3. The highest BCUT2D eigenvalue weighted by atomic mass is 35.5. The van der Waals surface area contributed by atoms with Gasteiger partial charge < -0.3 is 15.5 Å². The van der Waals surface area contributed by atoms with E-state index in [4.69, 9.17) is 29.6 Å². The number of hydrogen-bond donors (Lipinski definition) is 1. The third kappa shape index (κ3) is 3.86. The molecule has 2 aromatic carbocycles. The number of hydrogen-bond acceptors (Lipinski definition) is 4. The number of halogens is 1. The Kier molecular flexibility index (Phi) is 6.13. The molecule has 1 aliphatic heterocycles. The number of likely N-dealkylation sites (N-methyl/N-ethyl adjacent to an activating group) is 1. The molecule has 1 heterocycles. The van der Waals surface area contributed by atoms with Crippen molar-refractivity contribution in [3.05, 3.63) is 47.0 Å². The molecule has 0 unspecified atom stereocenters. The summed E-state index contributed by atoms with van der Waals surface area (Å²) < 4.78 is 0. The Hall–Kier alpha value is -1.27. The van der Waals surface area contributed by atoms with Crippen molar-refractivity contribution < 1.29 is 0 Å². The van der Waals surface area contributed by atoms with Crippen LogP contribution in [-0.4, -0.2) is 35.6 Å². The van der Waals surface area contributed by atoms with Crippen molar-refractivity contribution >= 4 is 51.9 Å². The minimum absolute atomic E-state index is 0.302. The molecule has 26 heavy (non-hydrogen) atoms. The molecule has 3 rings (SSSR count). The van der Waals surface area contributed by atoms with E-state index >= 15 is 0 Å². The van der Waals surface area contributed by atoms with Crippen LogP contribution >= 0.6 is 35.6 Å². The summed E-state index contributed by atoms with van der Waals surface area (Å²) >= 11 is 13.2. The lowest BCUT2D eigenvalue weighted by Crippen LogP contribution is -2.41. The molecule has 0 radical (unpaired) electrons. The largest absolute Gasteiger partial charge is 0.389 e. The van der Waals surface area contributed by atoms with Gasteiger partial charge in [-0.05, 0) is 50.3 Å². The van der Waals surface area contributed by atoms with E-state index < -0.39 is 0 Å². The lowest BCUT2D eigenvalue weighted by atomic mass is 10.1. The first-order valence-corrected chi connectivity index (χ1v) is 10.5. The maximum absolute atomic E-state index is 6.25. The maximum Gasteiger partial charge on any atom is 0.104 e. The van der Waals surface area contributed by atoms with Gasteiger partial charge in [0.2, 0.25) is 0 Å². The van der Waals surface area contributed by atoms with Crippen LogP contribution in [0.2, 0.25) is 5.02 Å². The van der Waals surface area contributed by atoms with Gasteiger partial charge >= 0.3 is 0 Å². The molecule has 2 N–H and O–H groups in total. The fraction of sp³-hybridized carbons (Fsp3) is 0.350. The first-order valence-electron chi connectivity index (χ1n) is 8.87. The van der Waals surface area contributed by atoms with Gasteiger partial charge in [0.15, 0.2) is 0 Å². The smallest absolute Gasteiger partial charge is 0.104 e. The van der Waals surface area contributed by atoms with Crippen molar-refractivity contribution in [2.75, 3.05) is 24.5 Å². The molecule has 138 valence electrons. The van der Waals surface area contributed by atoms with Crippen LogP contribution in [0.3, 0.4) is 0 Å². The van der Waals surface area contributed by atoms with E-state index in [-0.39, 0.29) is 0 Å². The maximum atomic E-state index is 6.25. The Balaban J connectivity index is 2.08. The van der Waals surface area contributed by atoms with Crippen LogP contribution in [0, 0.1) is 0 Å². The second-order valence-corrected chi connectivity index (χ2v) is 8.43. The van der Waals surface area contributed by atoms with E-state index in [1.165, 1.54) is 15.5 Å². The molecule has 0 saturated carbocycles. The normalized spacial score (nSPS) is 14.1. The number of nitrogens with two attached hydrogens (primary N) is 1. The third-order valence-corrected chi connectivity index (χ3v) is 6.34. The van der Waals surface area contributed by atoms with Crippen LogP contribution in [0.25, 0.3) is 0 Å². The Labute approximate surface area is 170 Å². The Morgan fingerprint density at radius 1 is 1.15 bits per heavy atom. The molecule has 1 atom stereocenters.